The van der Waals surface area contributed by atoms with Crippen LogP contribution in [0.25, 0.3) is 0 Å². The second kappa shape index (κ2) is 8.38. The fourth-order valence-corrected chi connectivity index (χ4v) is 3.25. The van der Waals surface area contributed by atoms with Gasteiger partial charge in [-0.2, -0.15) is 5.10 Å². The summed E-state index contributed by atoms with van der Waals surface area (Å²) in [5.74, 6) is -0.760. The summed E-state index contributed by atoms with van der Waals surface area (Å²) in [5.41, 5.74) is 0.0781. The number of hydrogen-bond donors (Lipinski definition) is 1. The normalized spacial score (nSPS) is 11.6. The van der Waals surface area contributed by atoms with E-state index in [1.165, 1.54) is 0 Å². The molecule has 0 spiro atoms. The van der Waals surface area contributed by atoms with Crippen molar-refractivity contribution in [3.63, 3.8) is 0 Å². The Morgan fingerprint density at radius 2 is 1.95 bits per heavy atom. The summed E-state index contributed by atoms with van der Waals surface area (Å²) in [7, 11) is 1.35. The number of aromatic nitrogens is 2. The topological polar surface area (TPSA) is 89.1 Å². The summed E-state index contributed by atoms with van der Waals surface area (Å²) in [4.78, 5) is 11.7. The molecule has 0 unspecified atom stereocenters. The van der Waals surface area contributed by atoms with Crippen LogP contribution in [0.1, 0.15) is 62.1 Å². The molecule has 21 heavy (non-hydrogen) atoms. The van der Waals surface area contributed by atoms with Gasteiger partial charge in [-0.05, 0) is 12.8 Å². The van der Waals surface area contributed by atoms with E-state index in [0.717, 1.165) is 25.7 Å². The highest BCUT2D eigenvalue weighted by Gasteiger charge is 2.29. The van der Waals surface area contributed by atoms with Crippen LogP contribution in [0.4, 0.5) is 0 Å². The van der Waals surface area contributed by atoms with E-state index in [1.807, 2.05) is 6.92 Å². The second-order valence-electron chi connectivity index (χ2n) is 4.76. The van der Waals surface area contributed by atoms with Gasteiger partial charge in [0.1, 0.15) is 4.90 Å². The van der Waals surface area contributed by atoms with Gasteiger partial charge in [0.2, 0.25) is 0 Å². The van der Waals surface area contributed by atoms with Crippen molar-refractivity contribution in [1.82, 2.24) is 10.2 Å². The van der Waals surface area contributed by atoms with Gasteiger partial charge in [0.05, 0.1) is 12.3 Å². The first-order valence-electron chi connectivity index (χ1n) is 7.10. The Morgan fingerprint density at radius 1 is 1.24 bits per heavy atom. The zero-order valence-corrected chi connectivity index (χ0v) is 13.9. The van der Waals surface area contributed by atoms with Gasteiger partial charge in [0.25, 0.3) is 9.05 Å². The summed E-state index contributed by atoms with van der Waals surface area (Å²) in [6.45, 7) is 4.22. The third kappa shape index (κ3) is 5.32. The summed E-state index contributed by atoms with van der Waals surface area (Å²) < 4.78 is 28.3. The van der Waals surface area contributed by atoms with Crippen LogP contribution < -0.4 is 0 Å². The van der Waals surface area contributed by atoms with Crippen LogP contribution in [0.15, 0.2) is 4.90 Å². The molecule has 1 aromatic rings. The van der Waals surface area contributed by atoms with E-state index in [2.05, 4.69) is 17.1 Å². The Morgan fingerprint density at radius 3 is 2.52 bits per heavy atom. The van der Waals surface area contributed by atoms with Crippen LogP contribution >= 0.6 is 10.7 Å². The minimum absolute atomic E-state index is 0.247. The molecular formula is C13H21ClN2O4S. The lowest BCUT2D eigenvalue weighted by molar-refractivity contribution is 0.0486. The van der Waals surface area contributed by atoms with Gasteiger partial charge in [-0.1, -0.05) is 39.5 Å². The van der Waals surface area contributed by atoms with Gasteiger partial charge in [0.15, 0.2) is 5.69 Å². The summed E-state index contributed by atoms with van der Waals surface area (Å²) >= 11 is 0. The number of unbranched alkanes of at least 4 members (excludes halogenated alkanes) is 3. The van der Waals surface area contributed by atoms with Gasteiger partial charge in [-0.15, -0.1) is 0 Å². The van der Waals surface area contributed by atoms with Crippen molar-refractivity contribution in [2.45, 2.75) is 57.3 Å². The number of hydrogen-bond acceptors (Lipinski definition) is 5. The van der Waals surface area contributed by atoms with Gasteiger partial charge in [-0.25, -0.2) is 13.2 Å². The van der Waals surface area contributed by atoms with Gasteiger partial charge in [0, 0.05) is 10.7 Å². The Hall–Kier alpha value is -1.08. The molecule has 6 nitrogen and oxygen atoms in total. The minimum atomic E-state index is -4.05. The van der Waals surface area contributed by atoms with E-state index in [4.69, 9.17) is 15.4 Å². The van der Waals surface area contributed by atoms with E-state index in [1.54, 1.807) is 0 Å². The van der Waals surface area contributed by atoms with Crippen LogP contribution in [0.5, 0.6) is 0 Å². The monoisotopic (exact) mass is 336 g/mol. The van der Waals surface area contributed by atoms with E-state index in [9.17, 15) is 13.2 Å². The molecule has 1 aromatic heterocycles. The molecule has 0 aliphatic heterocycles. The van der Waals surface area contributed by atoms with Gasteiger partial charge >= 0.3 is 5.97 Å². The molecule has 0 saturated heterocycles. The molecule has 0 saturated carbocycles. The Bertz CT molecular complexity index is 569. The number of rotatable bonds is 9. The standard InChI is InChI=1S/C13H21ClN2O4S/c1-3-5-6-7-9-20-13(17)11-12(21(14,18)19)10(8-4-2)15-16-11/h3-9H2,1-2H3,(H,15,16). The molecule has 0 aliphatic rings. The third-order valence-electron chi connectivity index (χ3n) is 2.96. The SMILES string of the molecule is CCCCCCOC(=O)c1n[nH]c(CCC)c1S(=O)(=O)Cl. The van der Waals surface area contributed by atoms with Gasteiger partial charge < -0.3 is 4.74 Å². The lowest BCUT2D eigenvalue weighted by atomic mass is 10.2. The van der Waals surface area contributed by atoms with Gasteiger partial charge in [-0.3, -0.25) is 5.10 Å². The fraction of sp³-hybridized carbons (Fsp3) is 0.692. The molecule has 0 radical (unpaired) electrons. The third-order valence-corrected chi connectivity index (χ3v) is 4.35. The molecule has 1 heterocycles. The van der Waals surface area contributed by atoms with Crippen molar-refractivity contribution in [2.75, 3.05) is 6.61 Å². The van der Waals surface area contributed by atoms with Crippen molar-refractivity contribution in [1.29, 1.82) is 0 Å². The zero-order valence-electron chi connectivity index (χ0n) is 12.3. The lowest BCUT2D eigenvalue weighted by Crippen LogP contribution is -2.11. The van der Waals surface area contributed by atoms with Crippen molar-refractivity contribution in [3.05, 3.63) is 11.4 Å². The molecule has 1 N–H and O–H groups in total. The number of nitrogens with one attached hydrogen (secondary N) is 1. The number of aryl methyl sites for hydroxylation is 1. The maximum Gasteiger partial charge on any atom is 0.360 e. The maximum atomic E-state index is 11.9. The lowest BCUT2D eigenvalue weighted by Gasteiger charge is -2.04. The molecular weight excluding hydrogens is 316 g/mol. The molecule has 0 aromatic carbocycles. The van der Waals surface area contributed by atoms with E-state index in [-0.39, 0.29) is 17.2 Å². The Kier molecular flexibility index (Phi) is 7.17. The average molecular weight is 337 g/mol. The van der Waals surface area contributed by atoms with Crippen LogP contribution in [-0.2, 0) is 20.2 Å². The smallest absolute Gasteiger partial charge is 0.360 e. The first kappa shape index (κ1) is 18.0. The Balaban J connectivity index is 2.80. The average Bonchev–Trinajstić information content (AvgIpc) is 2.82. The van der Waals surface area contributed by atoms with Crippen molar-refractivity contribution < 1.29 is 17.9 Å². The number of carbonyl (C=O) groups excluding carboxylic acids is 1. The highest BCUT2D eigenvalue weighted by atomic mass is 35.7. The molecule has 0 atom stereocenters. The number of nitrogens with zero attached hydrogens (tertiary/aromatic N) is 1. The summed E-state index contributed by atoms with van der Waals surface area (Å²) in [5, 5.41) is 6.31. The van der Waals surface area contributed by atoms with Crippen LogP contribution in [0.3, 0.4) is 0 Å². The van der Waals surface area contributed by atoms with Crippen molar-refractivity contribution in [3.8, 4) is 0 Å². The fourth-order valence-electron chi connectivity index (χ4n) is 1.95. The molecule has 8 heteroatoms. The number of H-pyrrole nitrogens is 1. The molecule has 120 valence electrons. The van der Waals surface area contributed by atoms with E-state index in [0.29, 0.717) is 18.5 Å². The molecule has 0 bridgehead atoms. The minimum Gasteiger partial charge on any atom is -0.461 e. The van der Waals surface area contributed by atoms with E-state index < -0.39 is 15.0 Å². The largest absolute Gasteiger partial charge is 0.461 e. The first-order valence-corrected chi connectivity index (χ1v) is 9.41. The predicted octanol–water partition coefficient (Wildman–Crippen LogP) is 3.03. The summed E-state index contributed by atoms with van der Waals surface area (Å²) in [6.07, 6.45) is 5.01. The maximum absolute atomic E-state index is 11.9. The molecule has 0 fully saturated rings. The van der Waals surface area contributed by atoms with Crippen molar-refractivity contribution in [2.24, 2.45) is 0 Å². The highest BCUT2D eigenvalue weighted by molar-refractivity contribution is 8.13. The second-order valence-corrected chi connectivity index (χ2v) is 7.27. The van der Waals surface area contributed by atoms with Crippen LogP contribution in [-0.4, -0.2) is 31.2 Å². The first-order chi connectivity index (χ1) is 9.91. The number of carbonyl (C=O) groups is 1. The molecule has 0 amide bonds. The molecule has 0 aliphatic carbocycles. The Labute approximate surface area is 129 Å². The quantitative estimate of drug-likeness (QED) is 0.425. The van der Waals surface area contributed by atoms with E-state index >= 15 is 0 Å². The number of halogens is 1. The van der Waals surface area contributed by atoms with Crippen LogP contribution in [0, 0.1) is 0 Å². The number of esters is 1. The summed E-state index contributed by atoms with van der Waals surface area (Å²) in [6, 6.07) is 0. The zero-order chi connectivity index (χ0) is 15.9. The molecule has 1 rings (SSSR count). The van der Waals surface area contributed by atoms with Crippen LogP contribution in [0.2, 0.25) is 0 Å². The highest BCUT2D eigenvalue weighted by Crippen LogP contribution is 2.24. The van der Waals surface area contributed by atoms with Crippen molar-refractivity contribution >= 4 is 25.7 Å². The number of aromatic amines is 1. The predicted molar refractivity (Wildman–Crippen MR) is 80.0 cm³/mol. The number of ether oxygens (including phenoxy) is 1.